The molecule has 0 radical (unpaired) electrons. The Bertz CT molecular complexity index is 2840. The molecule has 0 atom stereocenters. The lowest BCUT2D eigenvalue weighted by molar-refractivity contribution is 1.01. The summed E-state index contributed by atoms with van der Waals surface area (Å²) in [7, 11) is 0. The van der Waals surface area contributed by atoms with E-state index in [1.165, 1.54) is 33.4 Å². The minimum absolute atomic E-state index is 0.649. The molecule has 1 N–H and O–H groups in total. The Labute approximate surface area is 401 Å². The van der Waals surface area contributed by atoms with Crippen LogP contribution in [0.25, 0.3) is 34.0 Å². The molecule has 3 nitrogen and oxygen atoms in total. The van der Waals surface area contributed by atoms with E-state index in [9.17, 15) is 0 Å². The van der Waals surface area contributed by atoms with Crippen LogP contribution in [-0.2, 0) is 0 Å². The number of hydrogen-bond donors (Lipinski definition) is 1. The lowest BCUT2D eigenvalue weighted by atomic mass is 9.93. The summed E-state index contributed by atoms with van der Waals surface area (Å²) in [6.45, 7) is 23.2. The van der Waals surface area contributed by atoms with Crippen LogP contribution in [0.5, 0.6) is 0 Å². The highest BCUT2D eigenvalue weighted by molar-refractivity contribution is 5.91. The number of benzene rings is 7. The van der Waals surface area contributed by atoms with Crippen LogP contribution in [-0.4, -0.2) is 6.54 Å². The van der Waals surface area contributed by atoms with E-state index in [4.69, 9.17) is 0 Å². The number of anilines is 5. The van der Waals surface area contributed by atoms with E-state index in [0.29, 0.717) is 6.54 Å². The van der Waals surface area contributed by atoms with Crippen molar-refractivity contribution in [1.29, 1.82) is 0 Å². The monoisotopic (exact) mass is 876 g/mol. The summed E-state index contributed by atoms with van der Waals surface area (Å²) >= 11 is 0. The molecule has 0 saturated carbocycles. The van der Waals surface area contributed by atoms with Gasteiger partial charge in [0.1, 0.15) is 0 Å². The SMILES string of the molecule is C=C/C=C\C=C/CN/C(=C\c1cccc(-c2cc(N(C(/C=C\C)=C/C=C)c3ccc(C)cc3)cc(N(c3ccc(C)cc3)c3ccc(C)cc3)c2)c1)c1ccccc1-c1ccccc1C.CC. The molecule has 67 heavy (non-hydrogen) atoms. The Morgan fingerprint density at radius 2 is 1.13 bits per heavy atom. The zero-order valence-corrected chi connectivity index (χ0v) is 40.4. The topological polar surface area (TPSA) is 18.5 Å². The number of nitrogens with one attached hydrogen (secondary N) is 1. The second-order valence-electron chi connectivity index (χ2n) is 16.2. The lowest BCUT2D eigenvalue weighted by Crippen LogP contribution is -2.17. The summed E-state index contributed by atoms with van der Waals surface area (Å²) in [4.78, 5) is 4.68. The summed E-state index contributed by atoms with van der Waals surface area (Å²) in [6.07, 6.45) is 20.3. The quantitative estimate of drug-likeness (QED) is 0.0726. The molecule has 0 fully saturated rings. The Balaban J connectivity index is 0.00000365. The molecule has 0 unspecified atom stereocenters. The fourth-order valence-corrected chi connectivity index (χ4v) is 7.98. The number of aryl methyl sites for hydroxylation is 4. The molecule has 0 aliphatic carbocycles. The van der Waals surface area contributed by atoms with Gasteiger partial charge >= 0.3 is 0 Å². The zero-order valence-electron chi connectivity index (χ0n) is 40.4. The van der Waals surface area contributed by atoms with Crippen LogP contribution >= 0.6 is 0 Å². The molecule has 3 heteroatoms. The van der Waals surface area contributed by atoms with Crippen LogP contribution in [0.2, 0.25) is 0 Å². The first-order chi connectivity index (χ1) is 32.8. The van der Waals surface area contributed by atoms with Crippen LogP contribution in [0.4, 0.5) is 28.4 Å². The van der Waals surface area contributed by atoms with Gasteiger partial charge in [-0.2, -0.15) is 0 Å². The van der Waals surface area contributed by atoms with Gasteiger partial charge in [0.25, 0.3) is 0 Å². The highest BCUT2D eigenvalue weighted by atomic mass is 15.2. The van der Waals surface area contributed by atoms with Crippen molar-refractivity contribution >= 4 is 40.2 Å². The summed E-state index contributed by atoms with van der Waals surface area (Å²) in [6, 6.07) is 59.4. The first kappa shape index (κ1) is 48.6. The number of hydrogen-bond acceptors (Lipinski definition) is 3. The van der Waals surface area contributed by atoms with E-state index in [0.717, 1.165) is 62.1 Å². The van der Waals surface area contributed by atoms with Gasteiger partial charge in [0.05, 0.1) is 0 Å². The van der Waals surface area contributed by atoms with Crippen molar-refractivity contribution < 1.29 is 0 Å². The molecule has 0 amide bonds. The molecule has 7 rings (SSSR count). The van der Waals surface area contributed by atoms with Crippen molar-refractivity contribution in [3.05, 3.63) is 271 Å². The third-order valence-electron chi connectivity index (χ3n) is 11.3. The highest BCUT2D eigenvalue weighted by Crippen LogP contribution is 2.42. The van der Waals surface area contributed by atoms with Crippen LogP contribution < -0.4 is 15.1 Å². The normalized spacial score (nSPS) is 11.7. The summed E-state index contributed by atoms with van der Waals surface area (Å²) < 4.78 is 0. The molecular formula is C64H65N3. The number of nitrogens with zero attached hydrogens (tertiary/aromatic N) is 2. The molecule has 0 spiro atoms. The molecule has 336 valence electrons. The fourth-order valence-electron chi connectivity index (χ4n) is 7.98. The van der Waals surface area contributed by atoms with Crippen molar-refractivity contribution in [3.8, 4) is 22.3 Å². The van der Waals surface area contributed by atoms with Crippen LogP contribution in [0, 0.1) is 27.7 Å². The lowest BCUT2D eigenvalue weighted by Gasteiger charge is -2.31. The van der Waals surface area contributed by atoms with Crippen LogP contribution in [0.15, 0.2) is 237 Å². The first-order valence-corrected chi connectivity index (χ1v) is 23.3. The maximum atomic E-state index is 4.12. The van der Waals surface area contributed by atoms with Gasteiger partial charge in [-0.15, -0.1) is 0 Å². The van der Waals surface area contributed by atoms with Crippen LogP contribution in [0.1, 0.15) is 54.2 Å². The van der Waals surface area contributed by atoms with Crippen molar-refractivity contribution in [2.75, 3.05) is 16.3 Å². The van der Waals surface area contributed by atoms with Gasteiger partial charge < -0.3 is 15.1 Å². The van der Waals surface area contributed by atoms with E-state index >= 15 is 0 Å². The van der Waals surface area contributed by atoms with Gasteiger partial charge in [0.15, 0.2) is 0 Å². The second-order valence-corrected chi connectivity index (χ2v) is 16.2. The summed E-state index contributed by atoms with van der Waals surface area (Å²) in [5.41, 5.74) is 18.9. The van der Waals surface area contributed by atoms with Crippen LogP contribution in [0.3, 0.4) is 0 Å². The molecule has 0 heterocycles. The van der Waals surface area contributed by atoms with E-state index in [2.05, 4.69) is 257 Å². The average Bonchev–Trinajstić information content (AvgIpc) is 3.35. The van der Waals surface area contributed by atoms with Crippen molar-refractivity contribution in [2.45, 2.75) is 48.5 Å². The minimum Gasteiger partial charge on any atom is -0.381 e. The zero-order chi connectivity index (χ0) is 47.5. The molecule has 0 saturated heterocycles. The fraction of sp³-hybridized carbons (Fsp3) is 0.125. The third-order valence-corrected chi connectivity index (χ3v) is 11.3. The number of allylic oxidation sites excluding steroid dienone is 8. The van der Waals surface area contributed by atoms with Gasteiger partial charge in [0.2, 0.25) is 0 Å². The smallest absolute Gasteiger partial charge is 0.0488 e. The molecule has 0 aliphatic heterocycles. The minimum atomic E-state index is 0.649. The Hall–Kier alpha value is -7.88. The molecule has 7 aromatic carbocycles. The molecular weight excluding hydrogens is 811 g/mol. The third kappa shape index (κ3) is 12.7. The Morgan fingerprint density at radius 1 is 0.537 bits per heavy atom. The van der Waals surface area contributed by atoms with E-state index in [1.807, 2.05) is 38.2 Å². The van der Waals surface area contributed by atoms with Gasteiger partial charge in [-0.3, -0.25) is 0 Å². The largest absolute Gasteiger partial charge is 0.381 e. The maximum absolute atomic E-state index is 4.12. The van der Waals surface area contributed by atoms with Gasteiger partial charge in [-0.1, -0.05) is 189 Å². The second kappa shape index (κ2) is 24.4. The van der Waals surface area contributed by atoms with Gasteiger partial charge in [-0.05, 0) is 147 Å². The van der Waals surface area contributed by atoms with Gasteiger partial charge in [0, 0.05) is 51.9 Å². The Morgan fingerprint density at radius 3 is 1.75 bits per heavy atom. The maximum Gasteiger partial charge on any atom is 0.0488 e. The predicted molar refractivity (Wildman–Crippen MR) is 295 cm³/mol. The number of rotatable bonds is 17. The molecule has 0 aromatic heterocycles. The molecule has 0 aliphatic rings. The van der Waals surface area contributed by atoms with E-state index < -0.39 is 0 Å². The molecule has 7 aromatic rings. The highest BCUT2D eigenvalue weighted by Gasteiger charge is 2.20. The average molecular weight is 876 g/mol. The summed E-state index contributed by atoms with van der Waals surface area (Å²) in [5.74, 6) is 0. The van der Waals surface area contributed by atoms with E-state index in [-0.39, 0.29) is 0 Å². The van der Waals surface area contributed by atoms with Gasteiger partial charge in [-0.25, -0.2) is 0 Å². The van der Waals surface area contributed by atoms with E-state index in [1.54, 1.807) is 6.08 Å². The molecule has 0 bridgehead atoms. The predicted octanol–water partition coefficient (Wildman–Crippen LogP) is 17.9. The first-order valence-electron chi connectivity index (χ1n) is 23.3. The van der Waals surface area contributed by atoms with Crippen molar-refractivity contribution in [2.24, 2.45) is 0 Å². The Kier molecular flexibility index (Phi) is 17.7. The standard InChI is InChI=1S/C62H59N3.C2H6/c1-8-11-12-13-18-40-63-62(61-27-17-16-26-60(61)59-25-15-14-22-49(59)7)42-50-23-19-24-51(41-50)52-43-57(64(53(20-9-2)21-10-3)54-34-28-46(4)29-35-54)45-58(44-52)65(55-36-30-47(5)31-37-55)56-38-32-48(6)33-39-56;1-2/h8-39,41-45,63H,1-2,40H2,3-7H3;1-2H3/b12-11-,18-13-,21-10-,53-20+,62-42-;. The summed E-state index contributed by atoms with van der Waals surface area (Å²) in [5, 5.41) is 3.78. The van der Waals surface area contributed by atoms with Crippen molar-refractivity contribution in [1.82, 2.24) is 5.32 Å². The van der Waals surface area contributed by atoms with Crippen molar-refractivity contribution in [3.63, 3.8) is 0 Å².